The molecule has 0 spiro atoms. The lowest BCUT2D eigenvalue weighted by Crippen LogP contribution is -2.04. The quantitative estimate of drug-likeness (QED) is 0.489. The normalized spacial score (nSPS) is 9.18. The maximum atomic E-state index is 10.9. The summed E-state index contributed by atoms with van der Waals surface area (Å²) in [7, 11) is 1.33. The first-order valence-corrected chi connectivity index (χ1v) is 3.18. The summed E-state index contributed by atoms with van der Waals surface area (Å²) >= 11 is 0. The zero-order chi connectivity index (χ0) is 8.27. The van der Waals surface area contributed by atoms with E-state index in [1.54, 1.807) is 24.3 Å². The Balaban J connectivity index is 3.03. The van der Waals surface area contributed by atoms with Crippen LogP contribution >= 0.6 is 0 Å². The average Bonchev–Trinajstić information content (AvgIpc) is 2.04. The molecule has 0 bridgehead atoms. The third-order valence-electron chi connectivity index (χ3n) is 1.37. The van der Waals surface area contributed by atoms with Crippen LogP contribution in [0.25, 0.3) is 0 Å². The summed E-state index contributed by atoms with van der Waals surface area (Å²) < 4.78 is 4.50. The van der Waals surface area contributed by atoms with Gasteiger partial charge >= 0.3 is 5.97 Å². The number of esters is 1. The number of hydrogen-bond acceptors (Lipinski definition) is 3. The molecule has 3 nitrogen and oxygen atoms in total. The van der Waals surface area contributed by atoms with Crippen molar-refractivity contribution in [2.75, 3.05) is 12.8 Å². The van der Waals surface area contributed by atoms with Gasteiger partial charge in [-0.1, -0.05) is 12.1 Å². The zero-order valence-corrected chi connectivity index (χ0v) is 6.20. The van der Waals surface area contributed by atoms with E-state index in [1.807, 2.05) is 0 Å². The second-order valence-corrected chi connectivity index (χ2v) is 2.08. The Morgan fingerprint density at radius 3 is 2.64 bits per heavy atom. The SMILES string of the molecule is COC(=O)[13c]1[13cH][13cH][13cH][13cH][13c]1N. The van der Waals surface area contributed by atoms with Crippen molar-refractivity contribution in [1.82, 2.24) is 0 Å². The number of nitrogens with two attached hydrogens (primary N) is 1. The molecule has 0 radical (unpaired) electrons. The summed E-state index contributed by atoms with van der Waals surface area (Å²) in [5, 5.41) is 0. The monoisotopic (exact) mass is 157 g/mol. The highest BCUT2D eigenvalue weighted by molar-refractivity contribution is 5.94. The highest BCUT2D eigenvalue weighted by Crippen LogP contribution is 2.10. The average molecular weight is 157 g/mol. The molecule has 0 unspecified atom stereocenters. The maximum absolute atomic E-state index is 10.9. The van der Waals surface area contributed by atoms with Crippen molar-refractivity contribution in [1.29, 1.82) is 0 Å². The summed E-state index contributed by atoms with van der Waals surface area (Å²) in [6, 6.07) is 6.79. The zero-order valence-electron chi connectivity index (χ0n) is 6.20. The Kier molecular flexibility index (Phi) is 2.11. The Bertz CT molecular complexity index is 271. The maximum Gasteiger partial charge on any atom is 0.339 e. The van der Waals surface area contributed by atoms with Gasteiger partial charge in [0.05, 0.1) is 12.7 Å². The Morgan fingerprint density at radius 2 is 2.09 bits per heavy atom. The largest absolute Gasteiger partial charge is 0.465 e. The standard InChI is InChI=1S/C8H9NO2/c1-11-8(10)6-4-2-3-5-7(6)9/h2-5H,9H2,1H3/i2+1,3+1,4+1,5+1,6+1,7+1. The van der Waals surface area contributed by atoms with Gasteiger partial charge in [0.2, 0.25) is 0 Å². The van der Waals surface area contributed by atoms with Gasteiger partial charge in [-0.3, -0.25) is 0 Å². The smallest absolute Gasteiger partial charge is 0.339 e. The van der Waals surface area contributed by atoms with E-state index in [2.05, 4.69) is 4.74 Å². The third kappa shape index (κ3) is 1.49. The first kappa shape index (κ1) is 7.60. The number of ether oxygens (including phenoxy) is 1. The molecule has 0 aromatic heterocycles. The summed E-state index contributed by atoms with van der Waals surface area (Å²) in [6.07, 6.45) is 0. The second kappa shape index (κ2) is 3.05. The first-order chi connectivity index (χ1) is 5.25. The molecule has 0 saturated carbocycles. The Hall–Kier alpha value is -1.51. The number of rotatable bonds is 1. The molecule has 0 heterocycles. The minimum atomic E-state index is -0.400. The highest BCUT2D eigenvalue weighted by atomic mass is 16.5. The van der Waals surface area contributed by atoms with E-state index >= 15 is 0 Å². The van der Waals surface area contributed by atoms with Crippen molar-refractivity contribution in [3.05, 3.63) is 29.8 Å². The van der Waals surface area contributed by atoms with Gasteiger partial charge in [-0.05, 0) is 12.1 Å². The fourth-order valence-corrected chi connectivity index (χ4v) is 0.793. The van der Waals surface area contributed by atoms with Gasteiger partial charge in [-0.15, -0.1) is 0 Å². The van der Waals surface area contributed by atoms with Crippen LogP contribution in [0.4, 0.5) is 5.69 Å². The van der Waals surface area contributed by atoms with Crippen molar-refractivity contribution >= 4 is 11.7 Å². The molecule has 1 aromatic rings. The number of carbonyl (C=O) groups excluding carboxylic acids is 1. The lowest BCUT2D eigenvalue weighted by atomic mass is 10.9. The molecule has 11 heavy (non-hydrogen) atoms. The molecule has 1 rings (SSSR count). The molecule has 0 amide bonds. The van der Waals surface area contributed by atoms with Crippen LogP contribution in [-0.2, 0) is 4.74 Å². The minimum Gasteiger partial charge on any atom is -0.465 e. The fourth-order valence-electron chi connectivity index (χ4n) is 0.793. The number of nitrogen functional groups attached to an aromatic ring is 1. The molecule has 58 valence electrons. The van der Waals surface area contributed by atoms with Crippen molar-refractivity contribution in [3.63, 3.8) is 0 Å². The molecule has 0 atom stereocenters. The van der Waals surface area contributed by atoms with E-state index in [9.17, 15) is 4.79 Å². The van der Waals surface area contributed by atoms with Crippen LogP contribution in [-0.4, -0.2) is 13.1 Å². The molecule has 0 aliphatic rings. The summed E-state index contributed by atoms with van der Waals surface area (Å²) in [5.41, 5.74) is 6.35. The molecule has 2 N–H and O–H groups in total. The molecule has 0 aliphatic carbocycles. The van der Waals surface area contributed by atoms with Crippen LogP contribution in [0.3, 0.4) is 0 Å². The van der Waals surface area contributed by atoms with Gasteiger partial charge in [0, 0.05) is 5.69 Å². The van der Waals surface area contributed by atoms with Crippen molar-refractivity contribution in [2.24, 2.45) is 0 Å². The van der Waals surface area contributed by atoms with E-state index in [4.69, 9.17) is 5.73 Å². The van der Waals surface area contributed by atoms with Gasteiger partial charge in [-0.25, -0.2) is 4.79 Å². The molecule has 1 aromatic carbocycles. The van der Waals surface area contributed by atoms with Crippen LogP contribution < -0.4 is 5.73 Å². The van der Waals surface area contributed by atoms with Crippen molar-refractivity contribution < 1.29 is 9.53 Å². The minimum absolute atomic E-state index is 0.400. The number of benzene rings is 1. The number of hydrogen-bond donors (Lipinski definition) is 1. The molecule has 0 aliphatic heterocycles. The fraction of sp³-hybridized carbons (Fsp3) is 0.125. The van der Waals surface area contributed by atoms with Crippen LogP contribution in [0.2, 0.25) is 0 Å². The van der Waals surface area contributed by atoms with Gasteiger partial charge < -0.3 is 10.5 Å². The number of methoxy groups -OCH3 is 1. The predicted octanol–water partition coefficient (Wildman–Crippen LogP) is 1.06. The van der Waals surface area contributed by atoms with Gasteiger partial charge in [-0.2, -0.15) is 0 Å². The summed E-state index contributed by atoms with van der Waals surface area (Å²) in [5.74, 6) is -0.400. The molecular weight excluding hydrogens is 148 g/mol. The lowest BCUT2D eigenvalue weighted by Gasteiger charge is -2.00. The van der Waals surface area contributed by atoms with Crippen LogP contribution in [0.15, 0.2) is 24.3 Å². The summed E-state index contributed by atoms with van der Waals surface area (Å²) in [4.78, 5) is 10.9. The predicted molar refractivity (Wildman–Crippen MR) is 42.2 cm³/mol. The number of para-hydroxylation sites is 1. The second-order valence-electron chi connectivity index (χ2n) is 2.08. The highest BCUT2D eigenvalue weighted by Gasteiger charge is 2.06. The van der Waals surface area contributed by atoms with Crippen molar-refractivity contribution in [3.8, 4) is 0 Å². The van der Waals surface area contributed by atoms with Crippen LogP contribution in [0, 0.1) is 0 Å². The van der Waals surface area contributed by atoms with E-state index in [0.29, 0.717) is 11.3 Å². The molecule has 3 heteroatoms. The Labute approximate surface area is 64.8 Å². The number of anilines is 1. The molecule has 0 saturated heterocycles. The van der Waals surface area contributed by atoms with Gasteiger partial charge in [0.15, 0.2) is 0 Å². The third-order valence-corrected chi connectivity index (χ3v) is 1.37. The number of carbonyl (C=O) groups is 1. The van der Waals surface area contributed by atoms with E-state index in [1.165, 1.54) is 7.11 Å². The lowest BCUT2D eigenvalue weighted by molar-refractivity contribution is 0.0602. The van der Waals surface area contributed by atoms with Gasteiger partial charge in [0.1, 0.15) is 0 Å². The topological polar surface area (TPSA) is 52.3 Å². The van der Waals surface area contributed by atoms with E-state index < -0.39 is 5.97 Å². The van der Waals surface area contributed by atoms with E-state index in [-0.39, 0.29) is 0 Å². The van der Waals surface area contributed by atoms with Crippen molar-refractivity contribution in [2.45, 2.75) is 0 Å². The molecular formula is C8H9NO2. The van der Waals surface area contributed by atoms with E-state index in [0.717, 1.165) is 0 Å². The van der Waals surface area contributed by atoms with Crippen LogP contribution in [0.1, 0.15) is 10.4 Å². The molecule has 0 fully saturated rings. The van der Waals surface area contributed by atoms with Crippen LogP contribution in [0.5, 0.6) is 0 Å². The first-order valence-electron chi connectivity index (χ1n) is 3.18. The van der Waals surface area contributed by atoms with Gasteiger partial charge in [0.25, 0.3) is 0 Å². The summed E-state index contributed by atoms with van der Waals surface area (Å²) in [6.45, 7) is 0. The Morgan fingerprint density at radius 1 is 1.45 bits per heavy atom.